The lowest BCUT2D eigenvalue weighted by molar-refractivity contribution is 0.0992. The van der Waals surface area contributed by atoms with E-state index in [1.807, 2.05) is 27.7 Å². The smallest absolute Gasteiger partial charge is 0.330 e. The molecule has 0 aliphatic rings. The summed E-state index contributed by atoms with van der Waals surface area (Å²) < 4.78 is 29.4. The lowest BCUT2D eigenvalue weighted by Crippen LogP contribution is -2.33. The maximum absolute atomic E-state index is 14.3. The van der Waals surface area contributed by atoms with Crippen LogP contribution >= 0.6 is 0 Å². The minimum atomic E-state index is -1.18. The maximum atomic E-state index is 14.3. The summed E-state index contributed by atoms with van der Waals surface area (Å²) in [6.45, 7) is 7.60. The Morgan fingerprint density at radius 2 is 1.76 bits per heavy atom. The first-order valence-corrected chi connectivity index (χ1v) is 10.2. The van der Waals surface area contributed by atoms with Crippen LogP contribution in [0, 0.1) is 17.6 Å². The van der Waals surface area contributed by atoms with E-state index < -0.39 is 45.9 Å². The van der Waals surface area contributed by atoms with Gasteiger partial charge in [-0.05, 0) is 24.0 Å². The molecule has 3 aromatic rings. The van der Waals surface area contributed by atoms with Crippen molar-refractivity contribution in [2.45, 2.75) is 40.2 Å². The highest BCUT2D eigenvalue weighted by Crippen LogP contribution is 2.24. The van der Waals surface area contributed by atoms with E-state index in [1.165, 1.54) is 10.6 Å². The number of hydrogen-bond acceptors (Lipinski definition) is 5. The third-order valence-electron chi connectivity index (χ3n) is 4.92. The quantitative estimate of drug-likeness (QED) is 0.520. The van der Waals surface area contributed by atoms with Crippen LogP contribution in [0.4, 0.5) is 14.5 Å². The topological polar surface area (TPSA) is 140 Å². The van der Waals surface area contributed by atoms with E-state index >= 15 is 0 Å². The van der Waals surface area contributed by atoms with Gasteiger partial charge in [0.05, 0.1) is 22.2 Å². The van der Waals surface area contributed by atoms with Crippen LogP contribution in [0.5, 0.6) is 0 Å². The van der Waals surface area contributed by atoms with Crippen LogP contribution in [0.15, 0.2) is 27.8 Å². The highest BCUT2D eigenvalue weighted by atomic mass is 19.1. The van der Waals surface area contributed by atoms with Crippen LogP contribution in [0.3, 0.4) is 0 Å². The molecule has 0 bridgehead atoms. The molecule has 9 nitrogen and oxygen atoms in total. The zero-order valence-electron chi connectivity index (χ0n) is 18.5. The molecule has 4 N–H and O–H groups in total. The Hall–Kier alpha value is -3.89. The number of anilines is 1. The summed E-state index contributed by atoms with van der Waals surface area (Å²) in [6, 6.07) is 2.57. The summed E-state index contributed by atoms with van der Waals surface area (Å²) in [7, 11) is 0. The van der Waals surface area contributed by atoms with Gasteiger partial charge in [0.1, 0.15) is 11.6 Å². The molecule has 0 fully saturated rings. The van der Waals surface area contributed by atoms with Crippen molar-refractivity contribution in [3.8, 4) is 0 Å². The fourth-order valence-corrected chi connectivity index (χ4v) is 3.33. The third-order valence-corrected chi connectivity index (χ3v) is 4.92. The molecule has 2 heterocycles. The molecule has 33 heavy (non-hydrogen) atoms. The number of nitrogens with two attached hydrogens (primary N) is 1. The number of nitrogens with zero attached hydrogens (tertiary/aromatic N) is 2. The Morgan fingerprint density at radius 3 is 2.33 bits per heavy atom. The lowest BCUT2D eigenvalue weighted by Gasteiger charge is -2.16. The number of aromatic nitrogens is 3. The molecule has 2 amide bonds. The Labute approximate surface area is 186 Å². The number of nitrogens with one attached hydrogen (secondary N) is 2. The number of pyridine rings is 1. The zero-order chi connectivity index (χ0) is 24.6. The monoisotopic (exact) mass is 459 g/mol. The van der Waals surface area contributed by atoms with Crippen molar-refractivity contribution in [1.82, 2.24) is 14.5 Å². The average molecular weight is 459 g/mol. The van der Waals surface area contributed by atoms with Gasteiger partial charge in [-0.2, -0.15) is 0 Å². The van der Waals surface area contributed by atoms with Gasteiger partial charge < -0.3 is 11.1 Å². The number of fused-ring (bicyclic) bond motifs is 1. The second-order valence-corrected chi connectivity index (χ2v) is 8.34. The van der Waals surface area contributed by atoms with Crippen LogP contribution in [-0.4, -0.2) is 26.3 Å². The standard InChI is InChI=1S/C22H23F2N5O4/c1-9(2)8-29-19-17(21(32)28-22(29)33)12(6-15(26-19)10(3)4)20(31)27-16-5-11(18(25)30)13(23)7-14(16)24/h5-7,9-10H,8H2,1-4H3,(H2,25,30)(H,27,31)(H,28,32,33). The summed E-state index contributed by atoms with van der Waals surface area (Å²) in [4.78, 5) is 56.3. The van der Waals surface area contributed by atoms with Gasteiger partial charge in [0.15, 0.2) is 5.65 Å². The summed E-state index contributed by atoms with van der Waals surface area (Å²) in [5, 5.41) is 2.10. The minimum absolute atomic E-state index is 0.0196. The van der Waals surface area contributed by atoms with Gasteiger partial charge in [-0.3, -0.25) is 23.9 Å². The molecular formula is C22H23F2N5O4. The van der Waals surface area contributed by atoms with Gasteiger partial charge in [0.25, 0.3) is 17.4 Å². The first-order valence-electron chi connectivity index (χ1n) is 10.2. The molecule has 0 aliphatic carbocycles. The Balaban J connectivity index is 2.25. The van der Waals surface area contributed by atoms with Crippen molar-refractivity contribution in [3.05, 3.63) is 67.5 Å². The largest absolute Gasteiger partial charge is 0.366 e. The molecule has 0 atom stereocenters. The summed E-state index contributed by atoms with van der Waals surface area (Å²) in [5.74, 6) is -4.52. The van der Waals surface area contributed by atoms with E-state index in [-0.39, 0.29) is 35.0 Å². The van der Waals surface area contributed by atoms with Crippen LogP contribution in [0.1, 0.15) is 60.0 Å². The van der Waals surface area contributed by atoms with Gasteiger partial charge >= 0.3 is 5.69 Å². The summed E-state index contributed by atoms with van der Waals surface area (Å²) in [5.41, 5.74) is 2.76. The number of hydrogen-bond donors (Lipinski definition) is 3. The first-order chi connectivity index (χ1) is 15.4. The number of amides is 2. The molecule has 2 aromatic heterocycles. The molecular weight excluding hydrogens is 436 g/mol. The van der Waals surface area contributed by atoms with E-state index in [9.17, 15) is 28.0 Å². The van der Waals surface area contributed by atoms with Crippen LogP contribution in [0.25, 0.3) is 11.0 Å². The Morgan fingerprint density at radius 1 is 1.09 bits per heavy atom. The van der Waals surface area contributed by atoms with E-state index in [0.717, 1.165) is 6.07 Å². The predicted molar refractivity (Wildman–Crippen MR) is 118 cm³/mol. The van der Waals surface area contributed by atoms with Crippen molar-refractivity contribution in [2.75, 3.05) is 5.32 Å². The summed E-state index contributed by atoms with van der Waals surface area (Å²) in [6.07, 6.45) is 0. The number of primary amides is 1. The fourth-order valence-electron chi connectivity index (χ4n) is 3.33. The van der Waals surface area contributed by atoms with E-state index in [4.69, 9.17) is 5.73 Å². The fraction of sp³-hybridized carbons (Fsp3) is 0.318. The normalized spacial score (nSPS) is 11.4. The minimum Gasteiger partial charge on any atom is -0.366 e. The summed E-state index contributed by atoms with van der Waals surface area (Å²) >= 11 is 0. The van der Waals surface area contributed by atoms with E-state index in [2.05, 4.69) is 15.3 Å². The molecule has 174 valence electrons. The molecule has 0 aliphatic heterocycles. The van der Waals surface area contributed by atoms with Crippen molar-refractivity contribution in [2.24, 2.45) is 11.7 Å². The van der Waals surface area contributed by atoms with Gasteiger partial charge in [-0.1, -0.05) is 27.7 Å². The van der Waals surface area contributed by atoms with Crippen molar-refractivity contribution in [3.63, 3.8) is 0 Å². The number of benzene rings is 1. The molecule has 0 saturated carbocycles. The van der Waals surface area contributed by atoms with Crippen molar-refractivity contribution >= 4 is 28.5 Å². The second kappa shape index (κ2) is 8.93. The first kappa shape index (κ1) is 23.8. The van der Waals surface area contributed by atoms with Gasteiger partial charge in [0.2, 0.25) is 0 Å². The van der Waals surface area contributed by atoms with Gasteiger partial charge in [-0.15, -0.1) is 0 Å². The van der Waals surface area contributed by atoms with Crippen molar-refractivity contribution < 1.29 is 18.4 Å². The molecule has 0 saturated heterocycles. The molecule has 0 spiro atoms. The van der Waals surface area contributed by atoms with E-state index in [0.29, 0.717) is 11.8 Å². The van der Waals surface area contributed by atoms with Gasteiger partial charge in [0, 0.05) is 18.3 Å². The molecule has 3 rings (SSSR count). The molecule has 1 aromatic carbocycles. The Bertz CT molecular complexity index is 1390. The maximum Gasteiger partial charge on any atom is 0.330 e. The lowest BCUT2D eigenvalue weighted by atomic mass is 10.0. The number of carbonyl (C=O) groups is 2. The van der Waals surface area contributed by atoms with Crippen LogP contribution < -0.4 is 22.3 Å². The third kappa shape index (κ3) is 4.66. The number of halogens is 2. The van der Waals surface area contributed by atoms with E-state index in [1.54, 1.807) is 0 Å². The average Bonchev–Trinajstić information content (AvgIpc) is 2.71. The number of H-pyrrole nitrogens is 1. The highest BCUT2D eigenvalue weighted by molar-refractivity contribution is 6.12. The van der Waals surface area contributed by atoms with Crippen molar-refractivity contribution in [1.29, 1.82) is 0 Å². The Kier molecular flexibility index (Phi) is 6.43. The highest BCUT2D eigenvalue weighted by Gasteiger charge is 2.23. The molecule has 0 radical (unpaired) electrons. The predicted octanol–water partition coefficient (Wildman–Crippen LogP) is 2.49. The zero-order valence-corrected chi connectivity index (χ0v) is 18.5. The number of aromatic amines is 1. The second-order valence-electron chi connectivity index (χ2n) is 8.34. The number of carbonyl (C=O) groups excluding carboxylic acids is 2. The molecule has 0 unspecified atom stereocenters. The number of rotatable bonds is 6. The SMILES string of the molecule is CC(C)Cn1c(=O)[nH]c(=O)c2c(C(=O)Nc3cc(C(N)=O)c(F)cc3F)cc(C(C)C)nc21. The van der Waals surface area contributed by atoms with Crippen LogP contribution in [-0.2, 0) is 6.54 Å². The molecule has 11 heteroatoms. The van der Waals surface area contributed by atoms with Crippen LogP contribution in [0.2, 0.25) is 0 Å². The van der Waals surface area contributed by atoms with Gasteiger partial charge in [-0.25, -0.2) is 18.6 Å².